The molecule has 0 amide bonds. The molecule has 1 N–H and O–H groups in total. The van der Waals surface area contributed by atoms with Crippen LogP contribution in [0.5, 0.6) is 28.7 Å². The first-order valence-electron chi connectivity index (χ1n) is 11.0. The second-order valence-electron chi connectivity index (χ2n) is 7.78. The summed E-state index contributed by atoms with van der Waals surface area (Å²) in [6.45, 7) is 0. The van der Waals surface area contributed by atoms with E-state index < -0.39 is 24.1 Å². The number of ether oxygens (including phenoxy) is 4. The first kappa shape index (κ1) is 27.4. The predicted octanol–water partition coefficient (Wildman–Crippen LogP) is 7.65. The SMILES string of the molecule is COc1cc2nccc(Oc3ccc(N=C(Nc4ccc(OC(F)(F)F)cc4)C(F)(F)F)cc3)c2cc1OC. The van der Waals surface area contributed by atoms with Crippen LogP contribution in [0.15, 0.2) is 77.9 Å². The molecule has 0 unspecified atom stereocenters. The van der Waals surface area contributed by atoms with Gasteiger partial charge in [0.2, 0.25) is 5.84 Å². The zero-order valence-corrected chi connectivity index (χ0v) is 20.2. The molecule has 0 fully saturated rings. The summed E-state index contributed by atoms with van der Waals surface area (Å²) in [6, 6.07) is 14.3. The number of aromatic nitrogens is 1. The molecular weight excluding hydrogens is 532 g/mol. The molecule has 4 rings (SSSR count). The molecule has 4 aromatic rings. The van der Waals surface area contributed by atoms with Crippen molar-refractivity contribution in [2.45, 2.75) is 12.5 Å². The van der Waals surface area contributed by atoms with Crippen molar-refractivity contribution in [3.63, 3.8) is 0 Å². The number of halogens is 6. The predicted molar refractivity (Wildman–Crippen MR) is 131 cm³/mol. The number of alkyl halides is 6. The summed E-state index contributed by atoms with van der Waals surface area (Å²) >= 11 is 0. The van der Waals surface area contributed by atoms with Gasteiger partial charge in [0.15, 0.2) is 11.5 Å². The van der Waals surface area contributed by atoms with Crippen LogP contribution in [0.25, 0.3) is 10.9 Å². The van der Waals surface area contributed by atoms with E-state index in [-0.39, 0.29) is 11.4 Å². The van der Waals surface area contributed by atoms with E-state index in [1.54, 1.807) is 18.2 Å². The molecular formula is C26H19F6N3O4. The first-order chi connectivity index (χ1) is 18.4. The number of nitrogens with zero attached hydrogens (tertiary/aromatic N) is 2. The molecule has 0 spiro atoms. The van der Waals surface area contributed by atoms with Gasteiger partial charge in [0, 0.05) is 23.3 Å². The summed E-state index contributed by atoms with van der Waals surface area (Å²) in [5.74, 6) is -0.264. The second-order valence-corrected chi connectivity index (χ2v) is 7.78. The number of hydrogen-bond acceptors (Lipinski definition) is 6. The monoisotopic (exact) mass is 551 g/mol. The number of anilines is 1. The van der Waals surface area contributed by atoms with Crippen molar-refractivity contribution in [1.82, 2.24) is 4.98 Å². The Bertz CT molecular complexity index is 1470. The fraction of sp³-hybridized carbons (Fsp3) is 0.154. The molecule has 3 aromatic carbocycles. The second kappa shape index (κ2) is 11.0. The van der Waals surface area contributed by atoms with Gasteiger partial charge in [-0.1, -0.05) is 0 Å². The Morgan fingerprint density at radius 1 is 0.769 bits per heavy atom. The van der Waals surface area contributed by atoms with E-state index in [4.69, 9.17) is 14.2 Å². The maximum absolute atomic E-state index is 13.6. The molecule has 204 valence electrons. The largest absolute Gasteiger partial charge is 0.573 e. The molecule has 0 aliphatic rings. The number of nitrogens with one attached hydrogen (secondary N) is 1. The van der Waals surface area contributed by atoms with Gasteiger partial charge >= 0.3 is 12.5 Å². The number of amidine groups is 1. The third kappa shape index (κ3) is 7.00. The molecule has 0 atom stereocenters. The van der Waals surface area contributed by atoms with Crippen molar-refractivity contribution in [3.8, 4) is 28.7 Å². The Kier molecular flexibility index (Phi) is 7.70. The van der Waals surface area contributed by atoms with Crippen LogP contribution in [-0.2, 0) is 0 Å². The van der Waals surface area contributed by atoms with Crippen LogP contribution >= 0.6 is 0 Å². The topological polar surface area (TPSA) is 74.2 Å². The van der Waals surface area contributed by atoms with E-state index in [1.807, 2.05) is 0 Å². The number of methoxy groups -OCH3 is 2. The van der Waals surface area contributed by atoms with Gasteiger partial charge in [0.05, 0.1) is 25.4 Å². The Morgan fingerprint density at radius 2 is 1.38 bits per heavy atom. The van der Waals surface area contributed by atoms with Crippen LogP contribution in [0.3, 0.4) is 0 Å². The van der Waals surface area contributed by atoms with Crippen LogP contribution in [-0.4, -0.2) is 37.6 Å². The Hall–Kier alpha value is -4.68. The summed E-state index contributed by atoms with van der Waals surface area (Å²) < 4.78 is 98.0. The summed E-state index contributed by atoms with van der Waals surface area (Å²) in [4.78, 5) is 7.91. The Labute approximate surface area is 217 Å². The summed E-state index contributed by atoms with van der Waals surface area (Å²) in [5, 5.41) is 2.70. The Morgan fingerprint density at radius 3 is 1.97 bits per heavy atom. The van der Waals surface area contributed by atoms with Gasteiger partial charge in [-0.15, -0.1) is 13.2 Å². The van der Waals surface area contributed by atoms with E-state index in [0.717, 1.165) is 24.3 Å². The molecule has 0 aliphatic heterocycles. The van der Waals surface area contributed by atoms with Gasteiger partial charge in [0.1, 0.15) is 17.2 Å². The lowest BCUT2D eigenvalue weighted by molar-refractivity contribution is -0.274. The highest BCUT2D eigenvalue weighted by Crippen LogP contribution is 2.37. The molecule has 0 radical (unpaired) electrons. The standard InChI is InChI=1S/C26H19F6N3O4/c1-36-22-13-19-20(14-23(22)37-2)33-12-11-21(19)38-17-7-3-15(4-8-17)34-24(25(27,28)29)35-16-5-9-18(10-6-16)39-26(30,31)32/h3-14H,1-2H3,(H,34,35). The maximum Gasteiger partial charge on any atom is 0.573 e. The highest BCUT2D eigenvalue weighted by molar-refractivity contribution is 6.01. The zero-order chi connectivity index (χ0) is 28.2. The fourth-order valence-electron chi connectivity index (χ4n) is 3.42. The van der Waals surface area contributed by atoms with Crippen LogP contribution in [0.2, 0.25) is 0 Å². The van der Waals surface area contributed by atoms with Gasteiger partial charge in [-0.05, 0) is 60.7 Å². The number of fused-ring (bicyclic) bond motifs is 1. The minimum atomic E-state index is -4.92. The molecule has 1 aromatic heterocycles. The first-order valence-corrected chi connectivity index (χ1v) is 11.0. The fourth-order valence-corrected chi connectivity index (χ4v) is 3.42. The van der Waals surface area contributed by atoms with E-state index in [0.29, 0.717) is 33.9 Å². The minimum absolute atomic E-state index is 0.0507. The van der Waals surface area contributed by atoms with Crippen molar-refractivity contribution in [2.75, 3.05) is 19.5 Å². The molecule has 0 saturated heterocycles. The molecule has 0 bridgehead atoms. The van der Waals surface area contributed by atoms with Crippen LogP contribution < -0.4 is 24.3 Å². The summed E-state index contributed by atoms with van der Waals surface area (Å²) in [6.07, 6.45) is -8.27. The van der Waals surface area contributed by atoms with Crippen molar-refractivity contribution in [3.05, 3.63) is 72.9 Å². The van der Waals surface area contributed by atoms with Crippen molar-refractivity contribution in [1.29, 1.82) is 0 Å². The maximum atomic E-state index is 13.6. The number of benzene rings is 3. The zero-order valence-electron chi connectivity index (χ0n) is 20.2. The van der Waals surface area contributed by atoms with Gasteiger partial charge in [0.25, 0.3) is 0 Å². The average Bonchev–Trinajstić information content (AvgIpc) is 2.88. The van der Waals surface area contributed by atoms with Gasteiger partial charge in [-0.3, -0.25) is 4.98 Å². The quantitative estimate of drug-likeness (QED) is 0.145. The van der Waals surface area contributed by atoms with Crippen molar-refractivity contribution in [2.24, 2.45) is 4.99 Å². The average molecular weight is 551 g/mol. The Balaban J connectivity index is 1.54. The number of hydrogen-bond donors (Lipinski definition) is 1. The lowest BCUT2D eigenvalue weighted by Gasteiger charge is -2.14. The highest BCUT2D eigenvalue weighted by Gasteiger charge is 2.36. The molecule has 7 nitrogen and oxygen atoms in total. The smallest absolute Gasteiger partial charge is 0.493 e. The van der Waals surface area contributed by atoms with Crippen LogP contribution in [0.4, 0.5) is 37.7 Å². The highest BCUT2D eigenvalue weighted by atomic mass is 19.4. The van der Waals surface area contributed by atoms with Crippen LogP contribution in [0, 0.1) is 0 Å². The van der Waals surface area contributed by atoms with E-state index in [2.05, 4.69) is 20.0 Å². The molecule has 13 heteroatoms. The molecule has 1 heterocycles. The number of pyridine rings is 1. The lowest BCUT2D eigenvalue weighted by atomic mass is 10.2. The van der Waals surface area contributed by atoms with E-state index in [1.165, 1.54) is 44.7 Å². The molecule has 0 aliphatic carbocycles. The summed E-state index contributed by atoms with van der Waals surface area (Å²) in [5.41, 5.74) is 0.382. The van der Waals surface area contributed by atoms with Gasteiger partial charge in [-0.25, -0.2) is 4.99 Å². The third-order valence-electron chi connectivity index (χ3n) is 5.13. The van der Waals surface area contributed by atoms with Gasteiger partial charge in [-0.2, -0.15) is 13.2 Å². The van der Waals surface area contributed by atoms with Gasteiger partial charge < -0.3 is 24.3 Å². The third-order valence-corrected chi connectivity index (χ3v) is 5.13. The summed E-state index contributed by atoms with van der Waals surface area (Å²) in [7, 11) is 2.98. The molecule has 0 saturated carbocycles. The van der Waals surface area contributed by atoms with Crippen molar-refractivity contribution >= 4 is 28.1 Å². The van der Waals surface area contributed by atoms with E-state index >= 15 is 0 Å². The number of rotatable bonds is 7. The normalized spacial score (nSPS) is 12.3. The molecule has 39 heavy (non-hydrogen) atoms. The lowest BCUT2D eigenvalue weighted by Crippen LogP contribution is -2.30. The van der Waals surface area contributed by atoms with E-state index in [9.17, 15) is 26.3 Å². The van der Waals surface area contributed by atoms with Crippen molar-refractivity contribution < 1.29 is 45.3 Å². The number of aliphatic imine (C=N–C) groups is 1. The minimum Gasteiger partial charge on any atom is -0.493 e. The van der Waals surface area contributed by atoms with Crippen LogP contribution in [0.1, 0.15) is 0 Å².